The van der Waals surface area contributed by atoms with E-state index in [4.69, 9.17) is 9.84 Å². The van der Waals surface area contributed by atoms with Gasteiger partial charge >= 0.3 is 5.97 Å². The molecule has 13 heavy (non-hydrogen) atoms. The molecule has 0 aromatic heterocycles. The van der Waals surface area contributed by atoms with Crippen LogP contribution in [0.25, 0.3) is 0 Å². The lowest BCUT2D eigenvalue weighted by Gasteiger charge is -2.19. The molecule has 0 aromatic rings. The fourth-order valence-corrected chi connectivity index (χ4v) is 2.07. The molecule has 2 atom stereocenters. The van der Waals surface area contributed by atoms with Gasteiger partial charge in [-0.05, 0) is 6.42 Å². The van der Waals surface area contributed by atoms with Crippen molar-refractivity contribution in [3.63, 3.8) is 0 Å². The van der Waals surface area contributed by atoms with E-state index in [2.05, 4.69) is 5.29 Å². The van der Waals surface area contributed by atoms with Crippen LogP contribution in [0.1, 0.15) is 6.42 Å². The van der Waals surface area contributed by atoms with Gasteiger partial charge in [0.2, 0.25) is 0 Å². The molecule has 2 heterocycles. The number of hydrogen-bond donors (Lipinski definition) is 1. The molecule has 2 rings (SSSR count). The van der Waals surface area contributed by atoms with Gasteiger partial charge in [0.05, 0.1) is 24.5 Å². The largest absolute Gasteiger partial charge is 0.481 e. The number of nitrogens with zero attached hydrogens (tertiary/aromatic N) is 2. The summed E-state index contributed by atoms with van der Waals surface area (Å²) in [6.07, 6.45) is 0.0987. The number of nitroso groups, excluding NO2 is 1. The molecule has 0 bridgehead atoms. The zero-order valence-electron chi connectivity index (χ0n) is 6.97. The van der Waals surface area contributed by atoms with Crippen molar-refractivity contribution in [1.29, 1.82) is 0 Å². The van der Waals surface area contributed by atoms with E-state index in [1.807, 2.05) is 0 Å². The van der Waals surface area contributed by atoms with Gasteiger partial charge in [0.25, 0.3) is 0 Å². The Labute approximate surface area is 74.4 Å². The van der Waals surface area contributed by atoms with Crippen LogP contribution in [-0.2, 0) is 9.53 Å². The molecule has 2 unspecified atom stereocenters. The van der Waals surface area contributed by atoms with E-state index in [0.717, 1.165) is 0 Å². The van der Waals surface area contributed by atoms with Crippen molar-refractivity contribution < 1.29 is 14.6 Å². The number of fused-ring (bicyclic) bond motifs is 1. The van der Waals surface area contributed by atoms with E-state index in [1.165, 1.54) is 5.01 Å². The molecule has 0 radical (unpaired) electrons. The van der Waals surface area contributed by atoms with Gasteiger partial charge in [-0.15, -0.1) is 4.91 Å². The van der Waals surface area contributed by atoms with Gasteiger partial charge in [-0.1, -0.05) is 0 Å². The molecule has 0 aliphatic carbocycles. The molecule has 2 aliphatic rings. The fourth-order valence-electron chi connectivity index (χ4n) is 2.07. The first kappa shape index (κ1) is 8.43. The minimum atomic E-state index is -0.895. The number of hydrogen-bond acceptors (Lipinski definition) is 4. The molecule has 0 aromatic carbocycles. The molecule has 6 heteroatoms. The Bertz CT molecular complexity index is 257. The van der Waals surface area contributed by atoms with Crippen molar-refractivity contribution in [1.82, 2.24) is 5.01 Å². The molecule has 1 N–H and O–H groups in total. The van der Waals surface area contributed by atoms with Gasteiger partial charge < -0.3 is 9.84 Å². The maximum absolute atomic E-state index is 11.0. The van der Waals surface area contributed by atoms with Crippen LogP contribution in [0.2, 0.25) is 0 Å². The standard InChI is InChI=1S/C7H10N2O4/c10-6(11)7-1-2-13-5(7)3-9(4-7)8-12/h5H,1-4H2,(H,10,11). The maximum Gasteiger partial charge on any atom is 0.314 e. The summed E-state index contributed by atoms with van der Waals surface area (Å²) in [7, 11) is 0. The highest BCUT2D eigenvalue weighted by Crippen LogP contribution is 2.41. The minimum Gasteiger partial charge on any atom is -0.481 e. The Morgan fingerprint density at radius 3 is 3.00 bits per heavy atom. The predicted octanol–water partition coefficient (Wildman–Crippen LogP) is -0.157. The van der Waals surface area contributed by atoms with Gasteiger partial charge in [0.15, 0.2) is 0 Å². The lowest BCUT2D eigenvalue weighted by atomic mass is 9.84. The van der Waals surface area contributed by atoms with Gasteiger partial charge in [-0.25, -0.2) is 0 Å². The Morgan fingerprint density at radius 2 is 2.46 bits per heavy atom. The third-order valence-corrected chi connectivity index (χ3v) is 2.87. The summed E-state index contributed by atoms with van der Waals surface area (Å²) in [6, 6.07) is 0. The number of carboxylic acid groups (broad SMARTS) is 1. The van der Waals surface area contributed by atoms with Gasteiger partial charge in [0, 0.05) is 6.61 Å². The Balaban J connectivity index is 2.24. The van der Waals surface area contributed by atoms with Crippen molar-refractivity contribution in [2.75, 3.05) is 19.7 Å². The second kappa shape index (κ2) is 2.66. The number of carboxylic acids is 1. The number of carbonyl (C=O) groups is 1. The molecule has 2 saturated heterocycles. The summed E-state index contributed by atoms with van der Waals surface area (Å²) in [5.41, 5.74) is -0.895. The third kappa shape index (κ3) is 1.02. The van der Waals surface area contributed by atoms with E-state index in [0.29, 0.717) is 19.6 Å². The second-order valence-corrected chi connectivity index (χ2v) is 3.50. The number of ether oxygens (including phenoxy) is 1. The molecule has 0 spiro atoms. The van der Waals surface area contributed by atoms with Crippen LogP contribution in [0.15, 0.2) is 5.29 Å². The molecule has 2 fully saturated rings. The smallest absolute Gasteiger partial charge is 0.314 e. The topological polar surface area (TPSA) is 79.2 Å². The van der Waals surface area contributed by atoms with Crippen molar-refractivity contribution in [3.05, 3.63) is 4.91 Å². The third-order valence-electron chi connectivity index (χ3n) is 2.87. The first-order valence-electron chi connectivity index (χ1n) is 4.12. The lowest BCUT2D eigenvalue weighted by molar-refractivity contribution is -0.149. The molecular weight excluding hydrogens is 176 g/mol. The monoisotopic (exact) mass is 186 g/mol. The van der Waals surface area contributed by atoms with Crippen LogP contribution in [0.3, 0.4) is 0 Å². The number of aliphatic carboxylic acids is 1. The summed E-state index contributed by atoms with van der Waals surface area (Å²) < 4.78 is 5.25. The van der Waals surface area contributed by atoms with Crippen LogP contribution >= 0.6 is 0 Å². The highest BCUT2D eigenvalue weighted by Gasteiger charge is 2.56. The van der Waals surface area contributed by atoms with Gasteiger partial charge in [-0.3, -0.25) is 9.80 Å². The van der Waals surface area contributed by atoms with Crippen LogP contribution < -0.4 is 0 Å². The van der Waals surface area contributed by atoms with Crippen molar-refractivity contribution >= 4 is 5.97 Å². The quantitative estimate of drug-likeness (QED) is 0.606. The average molecular weight is 186 g/mol. The van der Waals surface area contributed by atoms with E-state index < -0.39 is 11.4 Å². The van der Waals surface area contributed by atoms with Crippen LogP contribution in [-0.4, -0.2) is 41.9 Å². The Morgan fingerprint density at radius 1 is 1.69 bits per heavy atom. The summed E-state index contributed by atoms with van der Waals surface area (Å²) >= 11 is 0. The summed E-state index contributed by atoms with van der Waals surface area (Å²) in [4.78, 5) is 21.2. The van der Waals surface area contributed by atoms with E-state index in [1.54, 1.807) is 0 Å². The Kier molecular flexibility index (Phi) is 1.73. The highest BCUT2D eigenvalue weighted by molar-refractivity contribution is 5.76. The molecule has 72 valence electrons. The normalized spacial score (nSPS) is 37.5. The van der Waals surface area contributed by atoms with Gasteiger partial charge in [-0.2, -0.15) is 0 Å². The van der Waals surface area contributed by atoms with Crippen LogP contribution in [0.5, 0.6) is 0 Å². The predicted molar refractivity (Wildman–Crippen MR) is 41.8 cm³/mol. The SMILES string of the molecule is O=NN1CC2OCCC2(C(=O)O)C1. The molecule has 0 saturated carbocycles. The molecule has 0 amide bonds. The van der Waals surface area contributed by atoms with E-state index >= 15 is 0 Å². The highest BCUT2D eigenvalue weighted by atomic mass is 16.5. The molecular formula is C7H10N2O4. The van der Waals surface area contributed by atoms with Crippen LogP contribution in [0, 0.1) is 10.3 Å². The van der Waals surface area contributed by atoms with Crippen LogP contribution in [0.4, 0.5) is 0 Å². The molecule has 6 nitrogen and oxygen atoms in total. The summed E-state index contributed by atoms with van der Waals surface area (Å²) in [6.45, 7) is 0.940. The first-order chi connectivity index (χ1) is 6.19. The van der Waals surface area contributed by atoms with E-state index in [9.17, 15) is 9.70 Å². The zero-order valence-corrected chi connectivity index (χ0v) is 6.97. The molecule has 2 aliphatic heterocycles. The first-order valence-corrected chi connectivity index (χ1v) is 4.12. The van der Waals surface area contributed by atoms with Crippen molar-refractivity contribution in [3.8, 4) is 0 Å². The Hall–Kier alpha value is -1.17. The number of rotatable bonds is 2. The fraction of sp³-hybridized carbons (Fsp3) is 0.857. The van der Waals surface area contributed by atoms with Crippen molar-refractivity contribution in [2.24, 2.45) is 10.7 Å². The summed E-state index contributed by atoms with van der Waals surface area (Å²) in [5, 5.41) is 13.0. The maximum atomic E-state index is 11.0. The lowest BCUT2D eigenvalue weighted by Crippen LogP contribution is -2.38. The average Bonchev–Trinajstić information content (AvgIpc) is 2.58. The minimum absolute atomic E-state index is 0.177. The summed E-state index contributed by atoms with van der Waals surface area (Å²) in [5.74, 6) is -0.888. The van der Waals surface area contributed by atoms with E-state index in [-0.39, 0.29) is 12.6 Å². The van der Waals surface area contributed by atoms with Gasteiger partial charge in [0.1, 0.15) is 5.41 Å². The van der Waals surface area contributed by atoms with Crippen molar-refractivity contribution in [2.45, 2.75) is 12.5 Å². The second-order valence-electron chi connectivity index (χ2n) is 3.50. The zero-order chi connectivity index (χ0) is 9.47.